The monoisotopic (exact) mass is 276 g/mol. The van der Waals surface area contributed by atoms with Gasteiger partial charge < -0.3 is 10.2 Å². The Balaban J connectivity index is 1.98. The Morgan fingerprint density at radius 2 is 2.18 bits per heavy atom. The summed E-state index contributed by atoms with van der Waals surface area (Å²) in [6, 6.07) is 0.366. The lowest BCUT2D eigenvalue weighted by Gasteiger charge is -2.29. The molecule has 8 heteroatoms. The molecule has 2 rings (SSSR count). The van der Waals surface area contributed by atoms with Gasteiger partial charge in [-0.2, -0.15) is 0 Å². The van der Waals surface area contributed by atoms with E-state index in [-0.39, 0.29) is 4.21 Å². The van der Waals surface area contributed by atoms with Crippen LogP contribution in [0, 0.1) is 0 Å². The minimum absolute atomic E-state index is 0.105. The predicted octanol–water partition coefficient (Wildman–Crippen LogP) is 0.297. The van der Waals surface area contributed by atoms with E-state index in [4.69, 9.17) is 5.14 Å². The zero-order valence-electron chi connectivity index (χ0n) is 9.59. The third kappa shape index (κ3) is 3.38. The molecule has 0 spiro atoms. The molecule has 1 aliphatic heterocycles. The number of nitrogens with zero attached hydrogens (tertiary/aromatic N) is 2. The number of nitrogens with one attached hydrogen (secondary N) is 1. The molecule has 3 N–H and O–H groups in total. The van der Waals surface area contributed by atoms with Crippen molar-refractivity contribution >= 4 is 26.5 Å². The lowest BCUT2D eigenvalue weighted by atomic mass is 10.1. The number of thiazole rings is 1. The highest BCUT2D eigenvalue weighted by atomic mass is 32.2. The van der Waals surface area contributed by atoms with Crippen LogP contribution in [0.5, 0.6) is 0 Å². The largest absolute Gasteiger partial charge is 0.359 e. The summed E-state index contributed by atoms with van der Waals surface area (Å²) in [6.07, 6.45) is 3.39. The third-order valence-corrected chi connectivity index (χ3v) is 5.15. The number of piperidine rings is 1. The molecule has 1 aliphatic rings. The highest BCUT2D eigenvalue weighted by Gasteiger charge is 2.19. The second-order valence-corrected chi connectivity index (χ2v) is 7.07. The predicted molar refractivity (Wildman–Crippen MR) is 67.6 cm³/mol. The van der Waals surface area contributed by atoms with Crippen molar-refractivity contribution in [3.8, 4) is 0 Å². The maximum absolute atomic E-state index is 11.1. The van der Waals surface area contributed by atoms with Crippen LogP contribution in [0.2, 0.25) is 0 Å². The molecule has 1 saturated heterocycles. The van der Waals surface area contributed by atoms with Crippen LogP contribution in [0.4, 0.5) is 5.13 Å². The molecule has 0 aromatic carbocycles. The van der Waals surface area contributed by atoms with Crippen LogP contribution >= 0.6 is 11.3 Å². The first kappa shape index (κ1) is 12.7. The Morgan fingerprint density at radius 3 is 2.71 bits per heavy atom. The summed E-state index contributed by atoms with van der Waals surface area (Å²) < 4.78 is 22.3. The summed E-state index contributed by atoms with van der Waals surface area (Å²) >= 11 is 1.09. The van der Waals surface area contributed by atoms with Crippen LogP contribution in [-0.4, -0.2) is 44.5 Å². The molecule has 0 saturated carbocycles. The van der Waals surface area contributed by atoms with E-state index in [1.165, 1.54) is 6.20 Å². The van der Waals surface area contributed by atoms with Gasteiger partial charge in [0.25, 0.3) is 0 Å². The summed E-state index contributed by atoms with van der Waals surface area (Å²) in [4.78, 5) is 6.30. The van der Waals surface area contributed by atoms with Crippen LogP contribution in [-0.2, 0) is 10.0 Å². The minimum atomic E-state index is -3.62. The lowest BCUT2D eigenvalue weighted by Crippen LogP contribution is -2.36. The minimum Gasteiger partial charge on any atom is -0.359 e. The number of hydrogen-bond donors (Lipinski definition) is 2. The smallest absolute Gasteiger partial charge is 0.249 e. The molecule has 96 valence electrons. The molecule has 17 heavy (non-hydrogen) atoms. The van der Waals surface area contributed by atoms with Crippen molar-refractivity contribution in [2.45, 2.75) is 23.1 Å². The van der Waals surface area contributed by atoms with Crippen molar-refractivity contribution in [3.05, 3.63) is 6.20 Å². The van der Waals surface area contributed by atoms with Crippen molar-refractivity contribution in [1.82, 2.24) is 9.88 Å². The lowest BCUT2D eigenvalue weighted by molar-refractivity contribution is 0.264. The van der Waals surface area contributed by atoms with Crippen molar-refractivity contribution in [2.75, 3.05) is 25.5 Å². The normalized spacial score (nSPS) is 19.4. The van der Waals surface area contributed by atoms with Gasteiger partial charge in [-0.15, -0.1) is 0 Å². The highest BCUT2D eigenvalue weighted by Crippen LogP contribution is 2.23. The van der Waals surface area contributed by atoms with E-state index >= 15 is 0 Å². The molecule has 0 aliphatic carbocycles. The molecule has 0 bridgehead atoms. The summed E-state index contributed by atoms with van der Waals surface area (Å²) in [6.45, 7) is 2.09. The maximum atomic E-state index is 11.1. The van der Waals surface area contributed by atoms with Gasteiger partial charge in [0, 0.05) is 6.04 Å². The quantitative estimate of drug-likeness (QED) is 0.829. The van der Waals surface area contributed by atoms with E-state index in [1.807, 2.05) is 0 Å². The van der Waals surface area contributed by atoms with Gasteiger partial charge in [0.05, 0.1) is 6.20 Å². The maximum Gasteiger partial charge on any atom is 0.249 e. The zero-order chi connectivity index (χ0) is 12.5. The topological polar surface area (TPSA) is 88.3 Å². The van der Waals surface area contributed by atoms with Gasteiger partial charge in [-0.3, -0.25) is 0 Å². The Labute approximate surface area is 105 Å². The highest BCUT2D eigenvalue weighted by molar-refractivity contribution is 7.91. The molecule has 0 radical (unpaired) electrons. The third-order valence-electron chi connectivity index (χ3n) is 2.81. The number of hydrogen-bond acceptors (Lipinski definition) is 6. The Morgan fingerprint density at radius 1 is 1.53 bits per heavy atom. The molecular formula is C9H16N4O2S2. The fourth-order valence-electron chi connectivity index (χ4n) is 1.79. The fourth-order valence-corrected chi connectivity index (χ4v) is 3.31. The number of likely N-dealkylation sites (tertiary alicyclic amines) is 1. The SMILES string of the molecule is CN1CCC(Nc2ncc(S(N)(=O)=O)s2)CC1. The van der Waals surface area contributed by atoms with Gasteiger partial charge in [-0.25, -0.2) is 18.5 Å². The first-order chi connectivity index (χ1) is 7.95. The van der Waals surface area contributed by atoms with Crippen molar-refractivity contribution < 1.29 is 8.42 Å². The molecule has 6 nitrogen and oxygen atoms in total. The summed E-state index contributed by atoms with van der Waals surface area (Å²) in [5.74, 6) is 0. The van der Waals surface area contributed by atoms with E-state index in [0.29, 0.717) is 11.2 Å². The summed E-state index contributed by atoms with van der Waals surface area (Å²) in [7, 11) is -1.53. The molecule has 1 aromatic heterocycles. The molecule has 0 unspecified atom stereocenters. The molecule has 1 aromatic rings. The number of sulfonamides is 1. The van der Waals surface area contributed by atoms with E-state index in [0.717, 1.165) is 37.3 Å². The van der Waals surface area contributed by atoms with Gasteiger partial charge in [0.1, 0.15) is 0 Å². The van der Waals surface area contributed by atoms with Crippen LogP contribution in [0.3, 0.4) is 0 Å². The van der Waals surface area contributed by atoms with Crippen LogP contribution in [0.1, 0.15) is 12.8 Å². The van der Waals surface area contributed by atoms with Crippen molar-refractivity contribution in [2.24, 2.45) is 5.14 Å². The summed E-state index contributed by atoms with van der Waals surface area (Å²) in [5.41, 5.74) is 0. The Kier molecular flexibility index (Phi) is 3.67. The van der Waals surface area contributed by atoms with Gasteiger partial charge in [0.2, 0.25) is 10.0 Å². The first-order valence-electron chi connectivity index (χ1n) is 5.39. The first-order valence-corrected chi connectivity index (χ1v) is 7.75. The second kappa shape index (κ2) is 4.89. The van der Waals surface area contributed by atoms with Gasteiger partial charge in [-0.1, -0.05) is 11.3 Å². The molecule has 1 fully saturated rings. The average molecular weight is 276 g/mol. The van der Waals surface area contributed by atoms with Gasteiger partial charge in [0.15, 0.2) is 9.34 Å². The van der Waals surface area contributed by atoms with Gasteiger partial charge in [-0.05, 0) is 33.0 Å². The average Bonchev–Trinajstić information content (AvgIpc) is 2.69. The number of anilines is 1. The van der Waals surface area contributed by atoms with Crippen LogP contribution < -0.4 is 10.5 Å². The van der Waals surface area contributed by atoms with E-state index < -0.39 is 10.0 Å². The standard InChI is InChI=1S/C9H16N4O2S2/c1-13-4-2-7(3-5-13)12-9-11-6-8(16-9)17(10,14)15/h6-7H,2-5H2,1H3,(H,11,12)(H2,10,14,15). The Hall–Kier alpha value is -0.700. The Bertz CT molecular complexity index is 477. The number of nitrogens with two attached hydrogens (primary N) is 1. The van der Waals surface area contributed by atoms with Crippen molar-refractivity contribution in [3.63, 3.8) is 0 Å². The van der Waals surface area contributed by atoms with Crippen molar-refractivity contribution in [1.29, 1.82) is 0 Å². The molecule has 0 amide bonds. The van der Waals surface area contributed by atoms with Gasteiger partial charge >= 0.3 is 0 Å². The second-order valence-electron chi connectivity index (χ2n) is 4.25. The summed E-state index contributed by atoms with van der Waals surface area (Å²) in [5, 5.41) is 8.91. The number of rotatable bonds is 3. The van der Waals surface area contributed by atoms with Crippen LogP contribution in [0.15, 0.2) is 10.4 Å². The number of primary sulfonamides is 1. The van der Waals surface area contributed by atoms with Crippen LogP contribution in [0.25, 0.3) is 0 Å². The molecule has 2 heterocycles. The molecular weight excluding hydrogens is 260 g/mol. The van der Waals surface area contributed by atoms with E-state index in [9.17, 15) is 8.42 Å². The zero-order valence-corrected chi connectivity index (χ0v) is 11.2. The number of aromatic nitrogens is 1. The van der Waals surface area contributed by atoms with E-state index in [1.54, 1.807) is 0 Å². The molecule has 0 atom stereocenters. The fraction of sp³-hybridized carbons (Fsp3) is 0.667. The van der Waals surface area contributed by atoms with E-state index in [2.05, 4.69) is 22.2 Å².